The first-order chi connectivity index (χ1) is 9.16. The van der Waals surface area contributed by atoms with Crippen LogP contribution < -0.4 is 5.32 Å². The summed E-state index contributed by atoms with van der Waals surface area (Å²) in [4.78, 5) is 30.0. The highest BCUT2D eigenvalue weighted by atomic mass is 16.4. The molecule has 0 saturated carbocycles. The Morgan fingerprint density at radius 1 is 1.05 bits per heavy atom. The van der Waals surface area contributed by atoms with Gasteiger partial charge in [0.05, 0.1) is 0 Å². The Labute approximate surface area is 114 Å². The molecule has 9 nitrogen and oxygen atoms in total. The molecular weight excluding hydrogens is 274 g/mol. The maximum Gasteiger partial charge on any atom is 0.335 e. The zero-order valence-corrected chi connectivity index (χ0v) is 10.9. The Kier molecular flexibility index (Phi) is 7.74. The second-order valence-corrected chi connectivity index (χ2v) is 4.54. The smallest absolute Gasteiger partial charge is 0.335 e. The third kappa shape index (κ3) is 6.45. The molecule has 20 heavy (non-hydrogen) atoms. The zero-order valence-electron chi connectivity index (χ0n) is 10.9. The van der Waals surface area contributed by atoms with Gasteiger partial charge in [-0.05, 0) is 25.3 Å². The summed E-state index contributed by atoms with van der Waals surface area (Å²) in [5.41, 5.74) is 0. The largest absolute Gasteiger partial charge is 0.480 e. The number of carbonyl (C=O) groups is 3. The molecule has 0 bridgehead atoms. The molecule has 6 N–H and O–H groups in total. The van der Waals surface area contributed by atoms with Crippen LogP contribution in [0.5, 0.6) is 0 Å². The van der Waals surface area contributed by atoms with E-state index in [9.17, 15) is 14.4 Å². The summed E-state index contributed by atoms with van der Waals surface area (Å²) >= 11 is 0. The molecule has 9 heteroatoms. The Morgan fingerprint density at radius 3 is 1.75 bits per heavy atom. The molecule has 1 rings (SSSR count). The second kappa shape index (κ2) is 8.46. The van der Waals surface area contributed by atoms with Crippen molar-refractivity contribution in [1.82, 2.24) is 5.32 Å². The van der Waals surface area contributed by atoms with E-state index in [0.29, 0.717) is 5.92 Å². The Bertz CT molecular complexity index is 340. The number of aliphatic hydroxyl groups is 2. The van der Waals surface area contributed by atoms with E-state index >= 15 is 0 Å². The predicted octanol–water partition coefficient (Wildman–Crippen LogP) is -1.66. The van der Waals surface area contributed by atoms with Crippen LogP contribution in [-0.2, 0) is 14.4 Å². The summed E-state index contributed by atoms with van der Waals surface area (Å²) in [7, 11) is 0. The van der Waals surface area contributed by atoms with Gasteiger partial charge in [-0.15, -0.1) is 0 Å². The van der Waals surface area contributed by atoms with Gasteiger partial charge in [-0.2, -0.15) is 0 Å². The second-order valence-electron chi connectivity index (χ2n) is 4.54. The van der Waals surface area contributed by atoms with E-state index in [-0.39, 0.29) is 6.04 Å². The summed E-state index contributed by atoms with van der Waals surface area (Å²) in [6.07, 6.45) is -2.66. The molecule has 0 aromatic rings. The molecule has 0 amide bonds. The predicted molar refractivity (Wildman–Crippen MR) is 65.1 cm³/mol. The third-order valence-corrected chi connectivity index (χ3v) is 2.77. The van der Waals surface area contributed by atoms with Crippen molar-refractivity contribution in [2.75, 3.05) is 6.54 Å². The normalized spacial score (nSPS) is 24.8. The number of carboxylic acid groups (broad SMARTS) is 3. The Hall–Kier alpha value is -1.71. The molecule has 4 atom stereocenters. The van der Waals surface area contributed by atoms with Gasteiger partial charge in [0.2, 0.25) is 0 Å². The molecule has 0 spiro atoms. The molecule has 0 radical (unpaired) electrons. The molecule has 0 aromatic heterocycles. The summed E-state index contributed by atoms with van der Waals surface area (Å²) in [6, 6.07) is -0.302. The average molecular weight is 293 g/mol. The number of aliphatic carboxylic acids is 3. The topological polar surface area (TPSA) is 164 Å². The van der Waals surface area contributed by atoms with Crippen LogP contribution in [0.15, 0.2) is 0 Å². The van der Waals surface area contributed by atoms with Crippen LogP contribution in [0.1, 0.15) is 19.8 Å². The maximum atomic E-state index is 10.4. The number of nitrogens with one attached hydrogen (secondary N) is 1. The standard InChI is InChI=1S/C7H13NO2.C4H6O6/c1-5-2-3-8-6(4-5)7(9)10;5-1(3(7)8)2(6)4(9)10/h5-6,8H,2-4H2,1H3,(H,9,10);1-2,5-6H,(H,7,8)(H,9,10). The van der Waals surface area contributed by atoms with Gasteiger partial charge in [0, 0.05) is 0 Å². The minimum atomic E-state index is -2.27. The van der Waals surface area contributed by atoms with Gasteiger partial charge in [0.1, 0.15) is 6.04 Å². The molecule has 1 saturated heterocycles. The van der Waals surface area contributed by atoms with Gasteiger partial charge in [0.25, 0.3) is 0 Å². The van der Waals surface area contributed by atoms with E-state index in [1.54, 1.807) is 0 Å². The van der Waals surface area contributed by atoms with Crippen LogP contribution in [0.25, 0.3) is 0 Å². The molecular formula is C11H19NO8. The van der Waals surface area contributed by atoms with Crippen molar-refractivity contribution in [2.45, 2.75) is 38.0 Å². The number of aliphatic hydroxyl groups excluding tert-OH is 2. The quantitative estimate of drug-likeness (QED) is 0.355. The molecule has 116 valence electrons. The molecule has 4 unspecified atom stereocenters. The van der Waals surface area contributed by atoms with E-state index in [4.69, 9.17) is 25.5 Å². The average Bonchev–Trinajstić information content (AvgIpc) is 2.37. The molecule has 1 heterocycles. The highest BCUT2D eigenvalue weighted by Crippen LogP contribution is 2.14. The van der Waals surface area contributed by atoms with E-state index in [0.717, 1.165) is 19.4 Å². The Balaban J connectivity index is 0.000000361. The van der Waals surface area contributed by atoms with Gasteiger partial charge in [-0.3, -0.25) is 4.79 Å². The van der Waals surface area contributed by atoms with E-state index in [1.807, 2.05) is 0 Å². The van der Waals surface area contributed by atoms with Crippen LogP contribution >= 0.6 is 0 Å². The van der Waals surface area contributed by atoms with Gasteiger partial charge in [-0.1, -0.05) is 6.92 Å². The minimum absolute atomic E-state index is 0.302. The lowest BCUT2D eigenvalue weighted by molar-refractivity contribution is -0.165. The zero-order chi connectivity index (χ0) is 15.9. The van der Waals surface area contributed by atoms with Crippen molar-refractivity contribution in [2.24, 2.45) is 5.92 Å². The highest BCUT2D eigenvalue weighted by molar-refractivity contribution is 5.83. The fourth-order valence-electron chi connectivity index (χ4n) is 1.57. The van der Waals surface area contributed by atoms with Gasteiger partial charge in [0.15, 0.2) is 12.2 Å². The van der Waals surface area contributed by atoms with Crippen LogP contribution in [0.2, 0.25) is 0 Å². The van der Waals surface area contributed by atoms with Crippen molar-refractivity contribution in [3.8, 4) is 0 Å². The van der Waals surface area contributed by atoms with Gasteiger partial charge >= 0.3 is 17.9 Å². The summed E-state index contributed by atoms with van der Waals surface area (Å²) in [5.74, 6) is -3.70. The summed E-state index contributed by atoms with van der Waals surface area (Å²) in [5, 5.41) is 44.1. The van der Waals surface area contributed by atoms with Gasteiger partial charge < -0.3 is 30.8 Å². The molecule has 0 aliphatic carbocycles. The minimum Gasteiger partial charge on any atom is -0.480 e. The third-order valence-electron chi connectivity index (χ3n) is 2.77. The van der Waals surface area contributed by atoms with Crippen LogP contribution in [-0.4, -0.2) is 68.2 Å². The first kappa shape index (κ1) is 18.3. The fraction of sp³-hybridized carbons (Fsp3) is 0.727. The first-order valence-electron chi connectivity index (χ1n) is 5.94. The lowest BCUT2D eigenvalue weighted by Gasteiger charge is -2.24. The molecule has 1 aliphatic rings. The lowest BCUT2D eigenvalue weighted by Crippen LogP contribution is -2.42. The fourth-order valence-corrected chi connectivity index (χ4v) is 1.57. The SMILES string of the molecule is CC1CCNC(C(=O)O)C1.O=C(O)C(O)C(O)C(=O)O. The van der Waals surface area contributed by atoms with E-state index < -0.39 is 30.1 Å². The monoisotopic (exact) mass is 293 g/mol. The number of rotatable bonds is 4. The Morgan fingerprint density at radius 2 is 1.50 bits per heavy atom. The highest BCUT2D eigenvalue weighted by Gasteiger charge is 2.29. The van der Waals surface area contributed by atoms with Gasteiger partial charge in [-0.25, -0.2) is 9.59 Å². The summed E-state index contributed by atoms with van der Waals surface area (Å²) < 4.78 is 0. The van der Waals surface area contributed by atoms with Crippen molar-refractivity contribution in [3.05, 3.63) is 0 Å². The van der Waals surface area contributed by atoms with Crippen LogP contribution in [0, 0.1) is 5.92 Å². The van der Waals surface area contributed by atoms with Crippen molar-refractivity contribution in [3.63, 3.8) is 0 Å². The van der Waals surface area contributed by atoms with Crippen LogP contribution in [0.3, 0.4) is 0 Å². The number of piperidine rings is 1. The lowest BCUT2D eigenvalue weighted by atomic mass is 9.94. The molecule has 1 aliphatic heterocycles. The van der Waals surface area contributed by atoms with Crippen molar-refractivity contribution in [1.29, 1.82) is 0 Å². The molecule has 1 fully saturated rings. The number of carboxylic acids is 3. The van der Waals surface area contributed by atoms with Crippen LogP contribution in [0.4, 0.5) is 0 Å². The number of hydrogen-bond donors (Lipinski definition) is 6. The van der Waals surface area contributed by atoms with Crippen molar-refractivity contribution < 1.29 is 39.9 Å². The first-order valence-corrected chi connectivity index (χ1v) is 5.94. The van der Waals surface area contributed by atoms with E-state index in [1.165, 1.54) is 0 Å². The maximum absolute atomic E-state index is 10.4. The summed E-state index contributed by atoms with van der Waals surface area (Å²) in [6.45, 7) is 2.94. The van der Waals surface area contributed by atoms with Crippen molar-refractivity contribution >= 4 is 17.9 Å². The number of hydrogen-bond acceptors (Lipinski definition) is 6. The van der Waals surface area contributed by atoms with E-state index in [2.05, 4.69) is 12.2 Å². The molecule has 0 aromatic carbocycles.